The summed E-state index contributed by atoms with van der Waals surface area (Å²) in [5.74, 6) is -2.61. The van der Waals surface area contributed by atoms with Crippen LogP contribution in [0.15, 0.2) is 47.4 Å². The SMILES string of the molecule is COc1ccccc1NC(=O)CCN/C(C)=C1\C(=O)C=C2Oc3c(C(C)=O)c(O)c(C)c(O)c3[C@]2(C)C1=O. The van der Waals surface area contributed by atoms with Crippen LogP contribution in [0, 0.1) is 6.92 Å². The van der Waals surface area contributed by atoms with Gasteiger partial charge < -0.3 is 30.3 Å². The van der Waals surface area contributed by atoms with Gasteiger partial charge in [-0.15, -0.1) is 0 Å². The number of allylic oxidation sites excluding steroid dienone is 4. The maximum Gasteiger partial charge on any atom is 0.226 e. The minimum absolute atomic E-state index is 0.0169. The summed E-state index contributed by atoms with van der Waals surface area (Å²) in [6.45, 7) is 5.81. The highest BCUT2D eigenvalue weighted by atomic mass is 16.5. The Balaban J connectivity index is 1.60. The second kappa shape index (κ2) is 9.70. The molecule has 198 valence electrons. The van der Waals surface area contributed by atoms with E-state index in [1.807, 2.05) is 0 Å². The van der Waals surface area contributed by atoms with Crippen LogP contribution in [-0.2, 0) is 19.8 Å². The van der Waals surface area contributed by atoms with E-state index < -0.39 is 34.3 Å². The van der Waals surface area contributed by atoms with E-state index >= 15 is 0 Å². The molecule has 4 N–H and O–H groups in total. The van der Waals surface area contributed by atoms with Crippen molar-refractivity contribution in [1.29, 1.82) is 0 Å². The summed E-state index contributed by atoms with van der Waals surface area (Å²) in [5, 5.41) is 27.1. The molecule has 4 rings (SSSR count). The van der Waals surface area contributed by atoms with Crippen molar-refractivity contribution in [2.24, 2.45) is 0 Å². The predicted molar refractivity (Wildman–Crippen MR) is 138 cm³/mol. The zero-order chi connectivity index (χ0) is 27.9. The lowest BCUT2D eigenvalue weighted by Gasteiger charge is -2.29. The van der Waals surface area contributed by atoms with Gasteiger partial charge in [0, 0.05) is 30.3 Å². The van der Waals surface area contributed by atoms with Gasteiger partial charge in [-0.2, -0.15) is 0 Å². The summed E-state index contributed by atoms with van der Waals surface area (Å²) in [6.07, 6.45) is 1.18. The molecule has 0 saturated carbocycles. The molecule has 0 bridgehead atoms. The molecule has 2 aliphatic rings. The molecule has 1 atom stereocenters. The Labute approximate surface area is 218 Å². The van der Waals surface area contributed by atoms with Crippen LogP contribution in [0.25, 0.3) is 0 Å². The predicted octanol–water partition coefficient (Wildman–Crippen LogP) is 3.20. The van der Waals surface area contributed by atoms with Crippen LogP contribution in [0.5, 0.6) is 23.0 Å². The smallest absolute Gasteiger partial charge is 0.226 e. The summed E-state index contributed by atoms with van der Waals surface area (Å²) in [4.78, 5) is 51.5. The lowest BCUT2D eigenvalue weighted by Crippen LogP contribution is -2.41. The largest absolute Gasteiger partial charge is 0.507 e. The molecule has 1 aliphatic carbocycles. The van der Waals surface area contributed by atoms with E-state index in [0.717, 1.165) is 6.08 Å². The highest BCUT2D eigenvalue weighted by Crippen LogP contribution is 2.57. The number of methoxy groups -OCH3 is 1. The molecule has 0 aromatic heterocycles. The van der Waals surface area contributed by atoms with Gasteiger partial charge >= 0.3 is 0 Å². The second-order valence-electron chi connectivity index (χ2n) is 9.31. The first-order valence-electron chi connectivity index (χ1n) is 11.9. The van der Waals surface area contributed by atoms with Crippen molar-refractivity contribution in [2.75, 3.05) is 19.0 Å². The van der Waals surface area contributed by atoms with E-state index in [0.29, 0.717) is 11.4 Å². The lowest BCUT2D eigenvalue weighted by molar-refractivity contribution is -0.123. The van der Waals surface area contributed by atoms with Crippen molar-refractivity contribution < 1.29 is 38.9 Å². The van der Waals surface area contributed by atoms with Gasteiger partial charge in [-0.1, -0.05) is 12.1 Å². The Morgan fingerprint density at radius 3 is 2.45 bits per heavy atom. The summed E-state index contributed by atoms with van der Waals surface area (Å²) >= 11 is 0. The van der Waals surface area contributed by atoms with Gasteiger partial charge in [0.25, 0.3) is 0 Å². The number of aromatic hydroxyl groups is 2. The molecule has 0 unspecified atom stereocenters. The molecule has 38 heavy (non-hydrogen) atoms. The van der Waals surface area contributed by atoms with Gasteiger partial charge in [0.1, 0.15) is 39.7 Å². The topological polar surface area (TPSA) is 151 Å². The molecular formula is C28H28N2O8. The van der Waals surface area contributed by atoms with E-state index in [4.69, 9.17) is 9.47 Å². The average Bonchev–Trinajstić information content (AvgIpc) is 3.15. The van der Waals surface area contributed by atoms with Gasteiger partial charge in [-0.3, -0.25) is 19.2 Å². The highest BCUT2D eigenvalue weighted by molar-refractivity contribution is 6.31. The molecule has 10 nitrogen and oxygen atoms in total. The molecular weight excluding hydrogens is 492 g/mol. The van der Waals surface area contributed by atoms with E-state index in [-0.39, 0.29) is 58.3 Å². The lowest BCUT2D eigenvalue weighted by atomic mass is 9.70. The van der Waals surface area contributed by atoms with Crippen molar-refractivity contribution >= 4 is 28.9 Å². The minimum Gasteiger partial charge on any atom is -0.507 e. The fraction of sp³-hybridized carbons (Fsp3) is 0.286. The van der Waals surface area contributed by atoms with Gasteiger partial charge in [0.05, 0.1) is 23.9 Å². The Kier molecular flexibility index (Phi) is 6.75. The molecule has 0 spiro atoms. The fourth-order valence-corrected chi connectivity index (χ4v) is 4.77. The van der Waals surface area contributed by atoms with Crippen LogP contribution < -0.4 is 20.1 Å². The van der Waals surface area contributed by atoms with E-state index in [1.54, 1.807) is 31.2 Å². The van der Waals surface area contributed by atoms with E-state index in [1.165, 1.54) is 27.9 Å². The number of anilines is 1. The van der Waals surface area contributed by atoms with Crippen LogP contribution in [0.4, 0.5) is 5.69 Å². The van der Waals surface area contributed by atoms with Gasteiger partial charge in [-0.25, -0.2) is 0 Å². The number of para-hydroxylation sites is 2. The molecule has 2 aromatic carbocycles. The van der Waals surface area contributed by atoms with Crippen LogP contribution >= 0.6 is 0 Å². The molecule has 0 fully saturated rings. The van der Waals surface area contributed by atoms with Crippen molar-refractivity contribution in [1.82, 2.24) is 5.32 Å². The molecule has 10 heteroatoms. The zero-order valence-electron chi connectivity index (χ0n) is 21.6. The van der Waals surface area contributed by atoms with Crippen LogP contribution in [0.3, 0.4) is 0 Å². The quantitative estimate of drug-likeness (QED) is 0.245. The second-order valence-corrected chi connectivity index (χ2v) is 9.31. The number of phenols is 2. The van der Waals surface area contributed by atoms with E-state index in [2.05, 4.69) is 10.6 Å². The van der Waals surface area contributed by atoms with E-state index in [9.17, 15) is 29.4 Å². The van der Waals surface area contributed by atoms with Crippen molar-refractivity contribution in [3.8, 4) is 23.0 Å². The summed E-state index contributed by atoms with van der Waals surface area (Å²) in [5.41, 5.74) is -1.13. The minimum atomic E-state index is -1.60. The number of amides is 1. The van der Waals surface area contributed by atoms with Crippen LogP contribution in [0.2, 0.25) is 0 Å². The van der Waals surface area contributed by atoms with Crippen LogP contribution in [0.1, 0.15) is 48.7 Å². The Morgan fingerprint density at radius 1 is 1.11 bits per heavy atom. The van der Waals surface area contributed by atoms with Crippen molar-refractivity contribution in [3.05, 3.63) is 64.1 Å². The number of hydrogen-bond donors (Lipinski definition) is 4. The Bertz CT molecular complexity index is 1470. The molecule has 1 heterocycles. The molecule has 1 amide bonds. The van der Waals surface area contributed by atoms with Crippen LogP contribution in [-0.4, -0.2) is 47.1 Å². The zero-order valence-corrected chi connectivity index (χ0v) is 21.6. The first kappa shape index (κ1) is 26.5. The number of Topliss-reactive ketones (excluding diaryl/α,β-unsaturated/α-hetero) is 2. The normalized spacial score (nSPS) is 19.1. The molecule has 0 radical (unpaired) electrons. The molecule has 2 aromatic rings. The first-order valence-corrected chi connectivity index (χ1v) is 11.9. The number of ether oxygens (including phenoxy) is 2. The standard InChI is InChI=1S/C28H28N2O8/c1-13-24(34)22(15(3)31)26-23(25(13)35)28(4)19(38-26)12-17(32)21(27(28)36)14(2)29-11-10-20(33)30-16-8-6-7-9-18(16)37-5/h6-9,12,29,34-35H,10-11H2,1-5H3,(H,30,33)/b21-14+/t28-/m1/s1. The fourth-order valence-electron chi connectivity index (χ4n) is 4.77. The summed E-state index contributed by atoms with van der Waals surface area (Å²) < 4.78 is 11.0. The third-order valence-corrected chi connectivity index (χ3v) is 6.88. The van der Waals surface area contributed by atoms with Crippen molar-refractivity contribution in [2.45, 2.75) is 39.5 Å². The maximum absolute atomic E-state index is 13.8. The molecule has 1 aliphatic heterocycles. The summed E-state index contributed by atoms with van der Waals surface area (Å²) in [7, 11) is 1.50. The highest BCUT2D eigenvalue weighted by Gasteiger charge is 2.56. The maximum atomic E-state index is 13.8. The Hall–Kier alpha value is -4.60. The Morgan fingerprint density at radius 2 is 1.79 bits per heavy atom. The average molecular weight is 521 g/mol. The number of ketones is 3. The number of benzene rings is 2. The number of carbonyl (C=O) groups excluding carboxylic acids is 4. The summed E-state index contributed by atoms with van der Waals surface area (Å²) in [6, 6.07) is 6.97. The number of nitrogens with one attached hydrogen (secondary N) is 2. The number of fused-ring (bicyclic) bond motifs is 3. The number of rotatable bonds is 7. The number of carbonyl (C=O) groups is 4. The van der Waals surface area contributed by atoms with Crippen molar-refractivity contribution in [3.63, 3.8) is 0 Å². The first-order chi connectivity index (χ1) is 17.9. The number of hydrogen-bond acceptors (Lipinski definition) is 9. The van der Waals surface area contributed by atoms with Gasteiger partial charge in [0.2, 0.25) is 5.91 Å². The van der Waals surface area contributed by atoms with Gasteiger partial charge in [0.15, 0.2) is 17.3 Å². The van der Waals surface area contributed by atoms with Gasteiger partial charge in [-0.05, 0) is 39.8 Å². The number of phenolic OH excluding ortho intramolecular Hbond substituents is 2. The third-order valence-electron chi connectivity index (χ3n) is 6.88. The monoisotopic (exact) mass is 520 g/mol. The molecule has 0 saturated heterocycles. The third kappa shape index (κ3) is 4.07.